The highest BCUT2D eigenvalue weighted by Crippen LogP contribution is 2.32. The molecule has 0 bridgehead atoms. The van der Waals surface area contributed by atoms with Crippen molar-refractivity contribution in [1.29, 1.82) is 0 Å². The van der Waals surface area contributed by atoms with Crippen molar-refractivity contribution in [2.24, 2.45) is 5.92 Å². The van der Waals surface area contributed by atoms with E-state index in [1.54, 1.807) is 35.9 Å². The Bertz CT molecular complexity index is 1470. The third-order valence-corrected chi connectivity index (χ3v) is 7.01. The van der Waals surface area contributed by atoms with Crippen LogP contribution in [0.3, 0.4) is 0 Å². The van der Waals surface area contributed by atoms with E-state index in [1.807, 2.05) is 59.5 Å². The van der Waals surface area contributed by atoms with Crippen LogP contribution in [0.4, 0.5) is 0 Å². The molecule has 0 aliphatic carbocycles. The standard InChI is InChI=1S/C29H31N5O4/c1-19(2)24-18-32(14-15-33(24)28(35)20-8-6-5-7-9-20)29(36)22-17-27-30-13-12-23(34(27)31-22)21-10-11-25(37-3)26(16-21)38-4/h5-13,16-17,19,24H,14-15,18H2,1-4H3. The molecule has 9 nitrogen and oxygen atoms in total. The Balaban J connectivity index is 1.41. The van der Waals surface area contributed by atoms with Gasteiger partial charge in [-0.1, -0.05) is 32.0 Å². The molecule has 0 radical (unpaired) electrons. The van der Waals surface area contributed by atoms with Crippen LogP contribution < -0.4 is 9.47 Å². The molecule has 1 atom stereocenters. The summed E-state index contributed by atoms with van der Waals surface area (Å²) >= 11 is 0. The molecule has 196 valence electrons. The van der Waals surface area contributed by atoms with E-state index >= 15 is 0 Å². The van der Waals surface area contributed by atoms with E-state index in [2.05, 4.69) is 23.9 Å². The van der Waals surface area contributed by atoms with Crippen LogP contribution in [0.15, 0.2) is 66.9 Å². The van der Waals surface area contributed by atoms with Gasteiger partial charge in [-0.25, -0.2) is 9.50 Å². The van der Waals surface area contributed by atoms with Crippen LogP contribution in [0.2, 0.25) is 0 Å². The Kier molecular flexibility index (Phi) is 7.00. The number of benzene rings is 2. The topological polar surface area (TPSA) is 89.3 Å². The van der Waals surface area contributed by atoms with E-state index in [4.69, 9.17) is 9.47 Å². The monoisotopic (exact) mass is 513 g/mol. The van der Waals surface area contributed by atoms with Gasteiger partial charge in [-0.3, -0.25) is 9.59 Å². The van der Waals surface area contributed by atoms with Crippen molar-refractivity contribution in [3.05, 3.63) is 78.1 Å². The lowest BCUT2D eigenvalue weighted by atomic mass is 9.98. The Morgan fingerprint density at radius 2 is 1.68 bits per heavy atom. The van der Waals surface area contributed by atoms with Crippen molar-refractivity contribution >= 4 is 17.5 Å². The van der Waals surface area contributed by atoms with Gasteiger partial charge in [-0.05, 0) is 42.3 Å². The summed E-state index contributed by atoms with van der Waals surface area (Å²) in [7, 11) is 3.18. The number of hydrogen-bond acceptors (Lipinski definition) is 6. The fraction of sp³-hybridized carbons (Fsp3) is 0.310. The molecule has 2 aromatic heterocycles. The van der Waals surface area contributed by atoms with Crippen LogP contribution in [0.1, 0.15) is 34.7 Å². The lowest BCUT2D eigenvalue weighted by Gasteiger charge is -2.43. The highest BCUT2D eigenvalue weighted by Gasteiger charge is 2.35. The quantitative estimate of drug-likeness (QED) is 0.387. The summed E-state index contributed by atoms with van der Waals surface area (Å²) in [6.45, 7) is 5.50. The van der Waals surface area contributed by atoms with E-state index in [-0.39, 0.29) is 23.8 Å². The maximum absolute atomic E-state index is 13.6. The number of amides is 2. The number of carbonyl (C=O) groups excluding carboxylic acids is 2. The Labute approximate surface area is 221 Å². The maximum Gasteiger partial charge on any atom is 0.274 e. The van der Waals surface area contributed by atoms with Crippen molar-refractivity contribution in [3.63, 3.8) is 0 Å². The number of carbonyl (C=O) groups is 2. The number of nitrogens with zero attached hydrogens (tertiary/aromatic N) is 5. The zero-order chi connectivity index (χ0) is 26.8. The van der Waals surface area contributed by atoms with Crippen molar-refractivity contribution in [1.82, 2.24) is 24.4 Å². The number of piperazine rings is 1. The first kappa shape index (κ1) is 25.3. The smallest absolute Gasteiger partial charge is 0.274 e. The molecule has 3 heterocycles. The maximum atomic E-state index is 13.6. The minimum atomic E-state index is -0.175. The molecule has 2 aromatic carbocycles. The predicted octanol–water partition coefficient (Wildman–Crippen LogP) is 4.04. The number of aromatic nitrogens is 3. The Morgan fingerprint density at radius 3 is 2.39 bits per heavy atom. The van der Waals surface area contributed by atoms with E-state index in [9.17, 15) is 9.59 Å². The second kappa shape index (κ2) is 10.5. The number of hydrogen-bond donors (Lipinski definition) is 0. The molecule has 1 aliphatic rings. The first-order valence-electron chi connectivity index (χ1n) is 12.6. The summed E-state index contributed by atoms with van der Waals surface area (Å²) in [6, 6.07) is 18.4. The highest BCUT2D eigenvalue weighted by molar-refractivity contribution is 5.96. The van der Waals surface area contributed by atoms with E-state index in [0.29, 0.717) is 48.0 Å². The van der Waals surface area contributed by atoms with Crippen LogP contribution >= 0.6 is 0 Å². The molecule has 2 amide bonds. The summed E-state index contributed by atoms with van der Waals surface area (Å²) in [4.78, 5) is 34.9. The van der Waals surface area contributed by atoms with Crippen molar-refractivity contribution in [2.45, 2.75) is 19.9 Å². The van der Waals surface area contributed by atoms with Gasteiger partial charge in [0.15, 0.2) is 22.8 Å². The molecular weight excluding hydrogens is 482 g/mol. The van der Waals surface area contributed by atoms with Gasteiger partial charge in [-0.15, -0.1) is 0 Å². The fourth-order valence-corrected chi connectivity index (χ4v) is 4.94. The lowest BCUT2D eigenvalue weighted by Crippen LogP contribution is -2.58. The Hall–Kier alpha value is -4.40. The zero-order valence-corrected chi connectivity index (χ0v) is 22.0. The summed E-state index contributed by atoms with van der Waals surface area (Å²) < 4.78 is 12.5. The third kappa shape index (κ3) is 4.67. The van der Waals surface area contributed by atoms with E-state index in [0.717, 1.165) is 11.3 Å². The van der Waals surface area contributed by atoms with Gasteiger partial charge in [-0.2, -0.15) is 5.10 Å². The largest absolute Gasteiger partial charge is 0.493 e. The normalized spacial score (nSPS) is 15.7. The average molecular weight is 514 g/mol. The van der Waals surface area contributed by atoms with Gasteiger partial charge >= 0.3 is 0 Å². The van der Waals surface area contributed by atoms with Crippen LogP contribution in [-0.2, 0) is 0 Å². The van der Waals surface area contributed by atoms with Crippen molar-refractivity contribution in [2.75, 3.05) is 33.9 Å². The van der Waals surface area contributed by atoms with Gasteiger partial charge in [0.25, 0.3) is 11.8 Å². The molecule has 0 saturated carbocycles. The van der Waals surface area contributed by atoms with Gasteiger partial charge in [0.2, 0.25) is 0 Å². The lowest BCUT2D eigenvalue weighted by molar-refractivity contribution is 0.0300. The fourth-order valence-electron chi connectivity index (χ4n) is 4.94. The highest BCUT2D eigenvalue weighted by atomic mass is 16.5. The zero-order valence-electron chi connectivity index (χ0n) is 22.0. The SMILES string of the molecule is COc1ccc(-c2ccnc3cc(C(=O)N4CCN(C(=O)c5ccccc5)C(C(C)C)C4)nn23)cc1OC. The molecule has 5 rings (SSSR count). The number of rotatable bonds is 6. The van der Waals surface area contributed by atoms with Crippen LogP contribution in [0.5, 0.6) is 11.5 Å². The molecule has 38 heavy (non-hydrogen) atoms. The molecular formula is C29H31N5O4. The van der Waals surface area contributed by atoms with Crippen LogP contribution in [-0.4, -0.2) is 76.1 Å². The second-order valence-corrected chi connectivity index (χ2v) is 9.63. The molecule has 1 aliphatic heterocycles. The minimum absolute atomic E-state index is 0.00658. The Morgan fingerprint density at radius 1 is 0.921 bits per heavy atom. The minimum Gasteiger partial charge on any atom is -0.493 e. The third-order valence-electron chi connectivity index (χ3n) is 7.01. The number of ether oxygens (including phenoxy) is 2. The number of fused-ring (bicyclic) bond motifs is 1. The summed E-state index contributed by atoms with van der Waals surface area (Å²) in [5.74, 6) is 1.22. The molecule has 9 heteroatoms. The molecule has 0 N–H and O–H groups in total. The summed E-state index contributed by atoms with van der Waals surface area (Å²) in [5.41, 5.74) is 3.17. The summed E-state index contributed by atoms with van der Waals surface area (Å²) in [6.07, 6.45) is 1.69. The second-order valence-electron chi connectivity index (χ2n) is 9.63. The summed E-state index contributed by atoms with van der Waals surface area (Å²) in [5, 5.41) is 4.64. The van der Waals surface area contributed by atoms with Crippen molar-refractivity contribution < 1.29 is 19.1 Å². The van der Waals surface area contributed by atoms with Gasteiger partial charge < -0.3 is 19.3 Å². The van der Waals surface area contributed by atoms with Gasteiger partial charge in [0.1, 0.15) is 0 Å². The van der Waals surface area contributed by atoms with Crippen LogP contribution in [0.25, 0.3) is 16.9 Å². The molecule has 0 spiro atoms. The molecule has 4 aromatic rings. The molecule has 1 saturated heterocycles. The van der Waals surface area contributed by atoms with Gasteiger partial charge in [0, 0.05) is 43.0 Å². The van der Waals surface area contributed by atoms with Gasteiger partial charge in [0.05, 0.1) is 26.0 Å². The van der Waals surface area contributed by atoms with Crippen LogP contribution in [0, 0.1) is 5.92 Å². The number of methoxy groups -OCH3 is 2. The first-order chi connectivity index (χ1) is 18.4. The predicted molar refractivity (Wildman–Crippen MR) is 144 cm³/mol. The van der Waals surface area contributed by atoms with Crippen molar-refractivity contribution in [3.8, 4) is 22.8 Å². The van der Waals surface area contributed by atoms with E-state index in [1.165, 1.54) is 0 Å². The first-order valence-corrected chi connectivity index (χ1v) is 12.6. The molecule has 1 unspecified atom stereocenters. The molecule has 1 fully saturated rings. The average Bonchev–Trinajstić information content (AvgIpc) is 3.40. The van der Waals surface area contributed by atoms with E-state index < -0.39 is 0 Å².